The molecule has 1 aromatic heterocycles. The van der Waals surface area contributed by atoms with Crippen molar-refractivity contribution in [2.45, 2.75) is 6.04 Å². The van der Waals surface area contributed by atoms with Gasteiger partial charge in [-0.25, -0.2) is 4.79 Å². The highest BCUT2D eigenvalue weighted by Gasteiger charge is 2.14. The molecule has 1 amide bonds. The molecule has 0 bridgehead atoms. The number of nitrogens with one attached hydrogen (secondary N) is 1. The summed E-state index contributed by atoms with van der Waals surface area (Å²) in [6, 6.07) is 22.5. The number of fused-ring (bicyclic) bond motifs is 1. The normalized spacial score (nSPS) is 11.7. The Hall–Kier alpha value is -4.10. The molecule has 0 saturated heterocycles. The van der Waals surface area contributed by atoms with Crippen molar-refractivity contribution in [1.29, 1.82) is 0 Å². The van der Waals surface area contributed by atoms with Gasteiger partial charge in [0.15, 0.2) is 6.61 Å². The zero-order chi connectivity index (χ0) is 23.2. The minimum atomic E-state index is -0.504. The minimum Gasteiger partial charge on any atom is -0.497 e. The number of benzene rings is 3. The molecule has 7 heteroatoms. The standard InChI is InChI=1S/C26H23NO6/c1-31-21-11-12-24-19(13-21)14-22(26(30)33-24)17-7-9-20(10-8-17)32-16-25(29)27-23(15-28)18-5-3-2-4-6-18/h2-14,23,28H,15-16H2,1H3,(H,27,29). The molecule has 0 spiro atoms. The number of ether oxygens (including phenoxy) is 2. The zero-order valence-corrected chi connectivity index (χ0v) is 18.0. The van der Waals surface area contributed by atoms with Gasteiger partial charge in [-0.1, -0.05) is 42.5 Å². The molecule has 0 saturated carbocycles. The lowest BCUT2D eigenvalue weighted by molar-refractivity contribution is -0.124. The minimum absolute atomic E-state index is 0.208. The molecule has 7 nitrogen and oxygen atoms in total. The van der Waals surface area contributed by atoms with Crippen LogP contribution in [0.3, 0.4) is 0 Å². The Balaban J connectivity index is 1.43. The van der Waals surface area contributed by atoms with Crippen LogP contribution in [0.25, 0.3) is 22.1 Å². The maximum Gasteiger partial charge on any atom is 0.344 e. The van der Waals surface area contributed by atoms with Crippen molar-refractivity contribution in [2.75, 3.05) is 20.3 Å². The highest BCUT2D eigenvalue weighted by atomic mass is 16.5. The highest BCUT2D eigenvalue weighted by Crippen LogP contribution is 2.25. The molecule has 33 heavy (non-hydrogen) atoms. The first-order valence-electron chi connectivity index (χ1n) is 10.4. The SMILES string of the molecule is COc1ccc2oc(=O)c(-c3ccc(OCC(=O)NC(CO)c4ccccc4)cc3)cc2c1. The van der Waals surface area contributed by atoms with Crippen LogP contribution in [0.15, 0.2) is 88.1 Å². The molecule has 1 atom stereocenters. The van der Waals surface area contributed by atoms with E-state index in [1.807, 2.05) is 30.3 Å². The first-order valence-corrected chi connectivity index (χ1v) is 10.4. The Labute approximate surface area is 190 Å². The third kappa shape index (κ3) is 5.22. The number of carbonyl (C=O) groups is 1. The molecule has 1 unspecified atom stereocenters. The molecule has 4 rings (SSSR count). The Kier molecular flexibility index (Phi) is 6.71. The van der Waals surface area contributed by atoms with Crippen LogP contribution in [-0.2, 0) is 4.79 Å². The fourth-order valence-corrected chi connectivity index (χ4v) is 3.47. The second-order valence-electron chi connectivity index (χ2n) is 7.38. The molecule has 168 valence electrons. The molecule has 0 fully saturated rings. The van der Waals surface area contributed by atoms with Gasteiger partial charge in [-0.2, -0.15) is 0 Å². The summed E-state index contributed by atoms with van der Waals surface area (Å²) < 4.78 is 16.2. The van der Waals surface area contributed by atoms with E-state index in [0.717, 1.165) is 10.9 Å². The van der Waals surface area contributed by atoms with Gasteiger partial charge in [0.25, 0.3) is 5.91 Å². The quantitative estimate of drug-likeness (QED) is 0.402. The van der Waals surface area contributed by atoms with E-state index in [4.69, 9.17) is 13.9 Å². The van der Waals surface area contributed by atoms with E-state index in [1.165, 1.54) is 0 Å². The second kappa shape index (κ2) is 10.0. The van der Waals surface area contributed by atoms with Gasteiger partial charge in [0.1, 0.15) is 17.1 Å². The van der Waals surface area contributed by atoms with Crippen LogP contribution in [-0.4, -0.2) is 31.3 Å². The summed E-state index contributed by atoms with van der Waals surface area (Å²) in [7, 11) is 1.58. The molecule has 3 aromatic carbocycles. The number of aliphatic hydroxyl groups excluding tert-OH is 1. The molecule has 0 aliphatic heterocycles. The van der Waals surface area contributed by atoms with Crippen LogP contribution in [0, 0.1) is 0 Å². The summed E-state index contributed by atoms with van der Waals surface area (Å²) >= 11 is 0. The van der Waals surface area contributed by atoms with Crippen LogP contribution in [0.1, 0.15) is 11.6 Å². The van der Waals surface area contributed by atoms with E-state index in [-0.39, 0.29) is 19.1 Å². The Morgan fingerprint density at radius 3 is 2.42 bits per heavy atom. The maximum absolute atomic E-state index is 12.4. The maximum atomic E-state index is 12.4. The van der Waals surface area contributed by atoms with Gasteiger partial charge in [0, 0.05) is 5.39 Å². The van der Waals surface area contributed by atoms with Gasteiger partial charge < -0.3 is 24.3 Å². The predicted octanol–water partition coefficient (Wildman–Crippen LogP) is 3.70. The van der Waals surface area contributed by atoms with E-state index in [0.29, 0.717) is 28.2 Å². The van der Waals surface area contributed by atoms with E-state index >= 15 is 0 Å². The summed E-state index contributed by atoms with van der Waals surface area (Å²) in [6.07, 6.45) is 0. The van der Waals surface area contributed by atoms with Gasteiger partial charge in [-0.15, -0.1) is 0 Å². The average Bonchev–Trinajstić information content (AvgIpc) is 2.86. The van der Waals surface area contributed by atoms with Crippen LogP contribution < -0.4 is 20.4 Å². The fourth-order valence-electron chi connectivity index (χ4n) is 3.47. The molecule has 1 heterocycles. The summed E-state index contributed by atoms with van der Waals surface area (Å²) in [5.41, 5.74) is 1.91. The van der Waals surface area contributed by atoms with E-state index in [9.17, 15) is 14.7 Å². The molecule has 0 aliphatic rings. The molecular formula is C26H23NO6. The van der Waals surface area contributed by atoms with Gasteiger partial charge in [-0.3, -0.25) is 4.79 Å². The summed E-state index contributed by atoms with van der Waals surface area (Å²) in [5.74, 6) is 0.784. The van der Waals surface area contributed by atoms with E-state index in [1.54, 1.807) is 55.6 Å². The third-order valence-corrected chi connectivity index (χ3v) is 5.19. The molecule has 0 aliphatic carbocycles. The molecular weight excluding hydrogens is 422 g/mol. The van der Waals surface area contributed by atoms with Crippen molar-refractivity contribution in [3.05, 3.63) is 94.8 Å². The van der Waals surface area contributed by atoms with Crippen LogP contribution in [0.4, 0.5) is 0 Å². The van der Waals surface area contributed by atoms with Crippen molar-refractivity contribution in [3.8, 4) is 22.6 Å². The largest absolute Gasteiger partial charge is 0.497 e. The first-order chi connectivity index (χ1) is 16.1. The van der Waals surface area contributed by atoms with Crippen molar-refractivity contribution in [2.24, 2.45) is 0 Å². The predicted molar refractivity (Wildman–Crippen MR) is 124 cm³/mol. The van der Waals surface area contributed by atoms with E-state index < -0.39 is 11.7 Å². The Bertz CT molecular complexity index is 1300. The average molecular weight is 445 g/mol. The molecule has 4 aromatic rings. The third-order valence-electron chi connectivity index (χ3n) is 5.19. The van der Waals surface area contributed by atoms with Crippen molar-refractivity contribution in [3.63, 3.8) is 0 Å². The van der Waals surface area contributed by atoms with Crippen molar-refractivity contribution < 1.29 is 23.8 Å². The zero-order valence-electron chi connectivity index (χ0n) is 18.0. The van der Waals surface area contributed by atoms with Crippen LogP contribution in [0.5, 0.6) is 11.5 Å². The number of carbonyl (C=O) groups excluding carboxylic acids is 1. The number of aliphatic hydroxyl groups is 1. The number of amides is 1. The number of hydrogen-bond donors (Lipinski definition) is 2. The summed E-state index contributed by atoms with van der Waals surface area (Å²) in [5, 5.41) is 13.1. The smallest absolute Gasteiger partial charge is 0.344 e. The molecule has 2 N–H and O–H groups in total. The highest BCUT2D eigenvalue weighted by molar-refractivity contribution is 5.83. The Morgan fingerprint density at radius 1 is 1.00 bits per heavy atom. The van der Waals surface area contributed by atoms with E-state index in [2.05, 4.69) is 5.32 Å². The first kappa shape index (κ1) is 22.1. The van der Waals surface area contributed by atoms with Crippen LogP contribution in [0.2, 0.25) is 0 Å². The van der Waals surface area contributed by atoms with Gasteiger partial charge >= 0.3 is 5.63 Å². The lowest BCUT2D eigenvalue weighted by Crippen LogP contribution is -2.34. The monoisotopic (exact) mass is 445 g/mol. The van der Waals surface area contributed by atoms with Crippen molar-refractivity contribution in [1.82, 2.24) is 5.32 Å². The summed E-state index contributed by atoms with van der Waals surface area (Å²) in [4.78, 5) is 24.7. The number of rotatable bonds is 8. The number of hydrogen-bond acceptors (Lipinski definition) is 6. The topological polar surface area (TPSA) is 98.0 Å². The van der Waals surface area contributed by atoms with Gasteiger partial charge in [0.2, 0.25) is 0 Å². The fraction of sp³-hybridized carbons (Fsp3) is 0.154. The Morgan fingerprint density at radius 2 is 1.73 bits per heavy atom. The molecule has 0 radical (unpaired) electrons. The van der Waals surface area contributed by atoms with Crippen molar-refractivity contribution >= 4 is 16.9 Å². The lowest BCUT2D eigenvalue weighted by atomic mass is 10.1. The van der Waals surface area contributed by atoms with Crippen LogP contribution >= 0.6 is 0 Å². The number of methoxy groups -OCH3 is 1. The van der Waals surface area contributed by atoms with Gasteiger partial charge in [0.05, 0.1) is 25.3 Å². The summed E-state index contributed by atoms with van der Waals surface area (Å²) in [6.45, 7) is -0.425. The van der Waals surface area contributed by atoms with Gasteiger partial charge in [-0.05, 0) is 47.5 Å². The lowest BCUT2D eigenvalue weighted by Gasteiger charge is -2.17. The second-order valence-corrected chi connectivity index (χ2v) is 7.38.